The topological polar surface area (TPSA) is 9.23 Å². The zero-order chi connectivity index (χ0) is 23.5. The fraction of sp³-hybridized carbons (Fsp3) is 0.733. The summed E-state index contributed by atoms with van der Waals surface area (Å²) >= 11 is -2.50. The molecule has 0 heterocycles. The Labute approximate surface area is 205 Å². The van der Waals surface area contributed by atoms with Crippen LogP contribution in [0.5, 0.6) is 0 Å². The number of unbranched alkanes of at least 4 members (excludes halogenated alkanes) is 8. The Morgan fingerprint density at radius 3 is 1.75 bits per heavy atom. The number of hydrogen-bond acceptors (Lipinski definition) is 1. The molecule has 0 N–H and O–H groups in total. The van der Waals surface area contributed by atoms with Crippen LogP contribution in [0.15, 0.2) is 40.5 Å². The van der Waals surface area contributed by atoms with Gasteiger partial charge in [-0.05, 0) is 0 Å². The summed E-state index contributed by atoms with van der Waals surface area (Å²) in [5.41, 5.74) is 1.30. The van der Waals surface area contributed by atoms with E-state index in [2.05, 4.69) is 58.0 Å². The number of benzene rings is 1. The number of rotatable bonds is 21. The molecular weight excluding hydrogens is 495 g/mol. The molecule has 1 rings (SSSR count). The summed E-state index contributed by atoms with van der Waals surface area (Å²) in [5, 5.41) is 0. The summed E-state index contributed by atoms with van der Waals surface area (Å²) in [6.45, 7) is 15.0. The molecule has 0 saturated heterocycles. The molecule has 1 atom stereocenters. The van der Waals surface area contributed by atoms with E-state index >= 15 is 0 Å². The van der Waals surface area contributed by atoms with E-state index in [0.29, 0.717) is 0 Å². The third kappa shape index (κ3) is 11.7. The third-order valence-corrected chi connectivity index (χ3v) is 23.2. The van der Waals surface area contributed by atoms with Gasteiger partial charge in [0.05, 0.1) is 0 Å². The van der Waals surface area contributed by atoms with Crippen molar-refractivity contribution >= 4 is 18.4 Å². The Bertz CT molecular complexity index is 546. The van der Waals surface area contributed by atoms with Crippen LogP contribution in [-0.2, 0) is 11.3 Å². The summed E-state index contributed by atoms with van der Waals surface area (Å²) in [4.78, 5) is 0. The molecule has 1 aromatic rings. The SMILES string of the molecule is C=[C](C(CCCCCCCC)OCc1ccccc1)[Sn]([CH2]CCC)([CH2]CCC)[CH2]CCC. The molecule has 1 aromatic carbocycles. The van der Waals surface area contributed by atoms with Gasteiger partial charge in [0.25, 0.3) is 0 Å². The molecule has 0 aliphatic heterocycles. The van der Waals surface area contributed by atoms with Gasteiger partial charge < -0.3 is 0 Å². The molecule has 0 aliphatic carbocycles. The first-order chi connectivity index (χ1) is 15.6. The van der Waals surface area contributed by atoms with E-state index in [9.17, 15) is 0 Å². The van der Waals surface area contributed by atoms with Crippen LogP contribution in [0.1, 0.15) is 117 Å². The maximum atomic E-state index is 6.72. The molecule has 0 bridgehead atoms. The molecule has 2 heteroatoms. The van der Waals surface area contributed by atoms with Crippen LogP contribution >= 0.6 is 0 Å². The van der Waals surface area contributed by atoms with Crippen molar-refractivity contribution in [2.45, 2.75) is 137 Å². The van der Waals surface area contributed by atoms with Gasteiger partial charge in [-0.1, -0.05) is 0 Å². The number of ether oxygens (including phenoxy) is 1. The van der Waals surface area contributed by atoms with Crippen LogP contribution in [0.3, 0.4) is 0 Å². The Hall–Kier alpha value is -0.281. The molecule has 184 valence electrons. The Balaban J connectivity index is 2.96. The van der Waals surface area contributed by atoms with Crippen LogP contribution in [0.25, 0.3) is 0 Å². The van der Waals surface area contributed by atoms with E-state index in [0.717, 1.165) is 6.61 Å². The van der Waals surface area contributed by atoms with Crippen molar-refractivity contribution in [3.63, 3.8) is 0 Å². The van der Waals surface area contributed by atoms with Crippen LogP contribution in [0, 0.1) is 0 Å². The van der Waals surface area contributed by atoms with Crippen LogP contribution < -0.4 is 0 Å². The zero-order valence-electron chi connectivity index (χ0n) is 22.1. The summed E-state index contributed by atoms with van der Waals surface area (Å²) in [7, 11) is 0. The first-order valence-electron chi connectivity index (χ1n) is 14.0. The molecule has 0 spiro atoms. The van der Waals surface area contributed by atoms with Crippen molar-refractivity contribution in [2.75, 3.05) is 0 Å². The van der Waals surface area contributed by atoms with E-state index in [1.807, 2.05) is 0 Å². The first-order valence-corrected chi connectivity index (χ1v) is 21.5. The van der Waals surface area contributed by atoms with Crippen LogP contribution in [0.4, 0.5) is 0 Å². The van der Waals surface area contributed by atoms with E-state index in [-0.39, 0.29) is 6.10 Å². The third-order valence-electron chi connectivity index (χ3n) is 7.21. The minimum atomic E-state index is -2.50. The molecular formula is C30H54OSn. The van der Waals surface area contributed by atoms with E-state index < -0.39 is 18.4 Å². The maximum absolute atomic E-state index is 6.72. The average Bonchev–Trinajstić information content (AvgIpc) is 2.83. The van der Waals surface area contributed by atoms with Gasteiger partial charge in [-0.2, -0.15) is 0 Å². The Morgan fingerprint density at radius 2 is 1.22 bits per heavy atom. The normalized spacial score (nSPS) is 12.8. The Kier molecular flexibility index (Phi) is 17.7. The monoisotopic (exact) mass is 550 g/mol. The second-order valence-corrected chi connectivity index (χ2v) is 23.4. The number of hydrogen-bond donors (Lipinski definition) is 0. The van der Waals surface area contributed by atoms with Gasteiger partial charge in [-0.25, -0.2) is 0 Å². The predicted molar refractivity (Wildman–Crippen MR) is 147 cm³/mol. The molecule has 1 nitrogen and oxygen atoms in total. The zero-order valence-corrected chi connectivity index (χ0v) is 25.0. The summed E-state index contributed by atoms with van der Waals surface area (Å²) < 4.78 is 12.8. The van der Waals surface area contributed by atoms with Gasteiger partial charge in [0.1, 0.15) is 0 Å². The standard InChI is InChI=1S/C18H27O.3C4H9.Sn/c1-3-5-6-7-8-12-15-18(4-2)19-16-17-13-10-9-11-14-17;3*1-3-4-2;/h9-11,13-14,18H,2-3,5-8,12,15-16H2,1H3;3*1,3-4H2,2H3;. The molecule has 0 amide bonds. The van der Waals surface area contributed by atoms with E-state index in [1.54, 1.807) is 3.59 Å². The molecule has 0 radical (unpaired) electrons. The molecule has 32 heavy (non-hydrogen) atoms. The van der Waals surface area contributed by atoms with Gasteiger partial charge in [-0.15, -0.1) is 0 Å². The average molecular weight is 549 g/mol. The van der Waals surface area contributed by atoms with Gasteiger partial charge in [0.2, 0.25) is 0 Å². The summed E-state index contributed by atoms with van der Waals surface area (Å²) in [6, 6.07) is 10.8. The van der Waals surface area contributed by atoms with Crippen LogP contribution in [-0.4, -0.2) is 24.5 Å². The molecule has 0 aromatic heterocycles. The second kappa shape index (κ2) is 19.1. The van der Waals surface area contributed by atoms with Gasteiger partial charge in [0, 0.05) is 0 Å². The summed E-state index contributed by atoms with van der Waals surface area (Å²) in [6.07, 6.45) is 17.7. The summed E-state index contributed by atoms with van der Waals surface area (Å²) in [5.74, 6) is 0. The van der Waals surface area contributed by atoms with Crippen molar-refractivity contribution in [3.8, 4) is 0 Å². The molecule has 0 aliphatic rings. The quantitative estimate of drug-likeness (QED) is 0.110. The Morgan fingerprint density at radius 1 is 0.719 bits per heavy atom. The van der Waals surface area contributed by atoms with Crippen molar-refractivity contribution in [3.05, 3.63) is 46.1 Å². The molecule has 0 saturated carbocycles. The van der Waals surface area contributed by atoms with Gasteiger partial charge in [0.15, 0.2) is 0 Å². The van der Waals surface area contributed by atoms with Crippen molar-refractivity contribution in [2.24, 2.45) is 0 Å². The second-order valence-electron chi connectivity index (χ2n) is 9.96. The molecule has 1 unspecified atom stereocenters. The van der Waals surface area contributed by atoms with E-state index in [4.69, 9.17) is 11.3 Å². The van der Waals surface area contributed by atoms with E-state index in [1.165, 1.54) is 102 Å². The fourth-order valence-electron chi connectivity index (χ4n) is 4.98. The van der Waals surface area contributed by atoms with Crippen molar-refractivity contribution < 1.29 is 4.74 Å². The van der Waals surface area contributed by atoms with Gasteiger partial charge >= 0.3 is 206 Å². The molecule has 0 fully saturated rings. The first kappa shape index (κ1) is 29.8. The minimum absolute atomic E-state index is 0.280. The van der Waals surface area contributed by atoms with Crippen molar-refractivity contribution in [1.82, 2.24) is 0 Å². The van der Waals surface area contributed by atoms with Crippen molar-refractivity contribution in [1.29, 1.82) is 0 Å². The fourth-order valence-corrected chi connectivity index (χ4v) is 21.3. The predicted octanol–water partition coefficient (Wildman–Crippen LogP) is 10.3. The van der Waals surface area contributed by atoms with Gasteiger partial charge in [-0.3, -0.25) is 0 Å². The van der Waals surface area contributed by atoms with Crippen LogP contribution in [0.2, 0.25) is 13.3 Å².